The number of ether oxygens (including phenoxy) is 2. The molecule has 1 fully saturated rings. The van der Waals surface area contributed by atoms with Gasteiger partial charge in [-0.05, 0) is 40.2 Å². The van der Waals surface area contributed by atoms with Crippen molar-refractivity contribution in [2.24, 2.45) is 10.9 Å². The second-order valence-corrected chi connectivity index (χ2v) is 9.26. The number of benzene rings is 1. The minimum absolute atomic E-state index is 0.0361. The summed E-state index contributed by atoms with van der Waals surface area (Å²) < 4.78 is 25.9. The first-order chi connectivity index (χ1) is 13.5. The summed E-state index contributed by atoms with van der Waals surface area (Å²) >= 11 is 1.34. The molecule has 3 rings (SSSR count). The van der Waals surface area contributed by atoms with Crippen LogP contribution in [-0.2, 0) is 15.0 Å². The van der Waals surface area contributed by atoms with Crippen molar-refractivity contribution in [1.82, 2.24) is 5.32 Å². The third kappa shape index (κ3) is 4.69. The summed E-state index contributed by atoms with van der Waals surface area (Å²) in [4.78, 5) is 27.5. The van der Waals surface area contributed by atoms with Gasteiger partial charge in [0.1, 0.15) is 17.0 Å². The fraction of sp³-hybridized carbons (Fsp3) is 0.579. The summed E-state index contributed by atoms with van der Waals surface area (Å²) in [6.07, 6.45) is -0.0776. The van der Waals surface area contributed by atoms with Crippen LogP contribution in [0.5, 0.6) is 0 Å². The molecule has 2 aliphatic rings. The van der Waals surface area contributed by atoms with Gasteiger partial charge >= 0.3 is 6.09 Å². The molecule has 1 aromatic carbocycles. The van der Waals surface area contributed by atoms with E-state index in [9.17, 15) is 19.3 Å². The van der Waals surface area contributed by atoms with Crippen LogP contribution in [0.4, 0.5) is 14.9 Å². The molecule has 29 heavy (non-hydrogen) atoms. The zero-order valence-corrected chi connectivity index (χ0v) is 17.5. The quantitative estimate of drug-likeness (QED) is 0.568. The number of thioether (sulfide) groups is 1. The van der Waals surface area contributed by atoms with E-state index in [0.717, 1.165) is 12.1 Å². The van der Waals surface area contributed by atoms with Gasteiger partial charge in [0.2, 0.25) is 0 Å². The molecule has 3 atom stereocenters. The Kier molecular flexibility index (Phi) is 5.86. The van der Waals surface area contributed by atoms with Gasteiger partial charge in [-0.2, -0.15) is 0 Å². The van der Waals surface area contributed by atoms with Crippen molar-refractivity contribution >= 4 is 28.7 Å². The Bertz CT molecular complexity index is 857. The number of rotatable bonds is 2. The molecule has 2 aliphatic heterocycles. The number of carbonyl (C=O) groups excluding carboxylic acids is 1. The number of alkyl carbamates (subject to hydrolysis) is 1. The van der Waals surface area contributed by atoms with Crippen LogP contribution in [-0.4, -0.2) is 40.2 Å². The first kappa shape index (κ1) is 21.5. The van der Waals surface area contributed by atoms with Crippen molar-refractivity contribution in [3.63, 3.8) is 0 Å². The van der Waals surface area contributed by atoms with Crippen LogP contribution in [0.15, 0.2) is 23.2 Å². The number of aliphatic imine (C=N–C) groups is 1. The highest BCUT2D eigenvalue weighted by molar-refractivity contribution is 8.13. The van der Waals surface area contributed by atoms with Gasteiger partial charge in [-0.15, -0.1) is 0 Å². The molecule has 2 heterocycles. The van der Waals surface area contributed by atoms with E-state index in [4.69, 9.17) is 9.47 Å². The Morgan fingerprint density at radius 2 is 2.21 bits per heavy atom. The van der Waals surface area contributed by atoms with Gasteiger partial charge in [0, 0.05) is 29.4 Å². The molecule has 1 amide bonds. The van der Waals surface area contributed by atoms with Gasteiger partial charge in [0.15, 0.2) is 5.17 Å². The fourth-order valence-corrected chi connectivity index (χ4v) is 4.70. The lowest BCUT2D eigenvalue weighted by Gasteiger charge is -2.46. The largest absolute Gasteiger partial charge is 0.444 e. The predicted molar refractivity (Wildman–Crippen MR) is 108 cm³/mol. The molecule has 0 saturated carbocycles. The molecule has 0 aliphatic carbocycles. The van der Waals surface area contributed by atoms with Crippen LogP contribution in [0.1, 0.15) is 39.7 Å². The zero-order chi connectivity index (χ0) is 21.4. The van der Waals surface area contributed by atoms with Crippen molar-refractivity contribution < 1.29 is 23.6 Å². The Balaban J connectivity index is 2.02. The highest BCUT2D eigenvalue weighted by Gasteiger charge is 2.49. The summed E-state index contributed by atoms with van der Waals surface area (Å²) in [5.41, 5.74) is -1.95. The smallest absolute Gasteiger partial charge is 0.413 e. The monoisotopic (exact) mass is 425 g/mol. The maximum absolute atomic E-state index is 14.8. The summed E-state index contributed by atoms with van der Waals surface area (Å²) in [6, 6.07) is 3.42. The third-order valence-electron chi connectivity index (χ3n) is 4.84. The van der Waals surface area contributed by atoms with Gasteiger partial charge in [0.05, 0.1) is 17.6 Å². The van der Waals surface area contributed by atoms with Crippen LogP contribution in [0.3, 0.4) is 0 Å². The van der Waals surface area contributed by atoms with Crippen LogP contribution >= 0.6 is 11.8 Å². The molecule has 10 heteroatoms. The lowest BCUT2D eigenvalue weighted by molar-refractivity contribution is -0.385. The standard InChI is InChI=1S/C19H24FN3O5S/c1-11-7-12-9-29-16(21-17(24)28-18(2,3)4)22-19(12,10-27-11)14-8-13(23(25)26)5-6-15(14)20/h5-6,8,11-12H,7,9-10H2,1-4H3,(H,21,22,24)/t11-,12-,19-/m0/s1. The molecule has 8 nitrogen and oxygen atoms in total. The summed E-state index contributed by atoms with van der Waals surface area (Å²) in [5.74, 6) is -0.132. The number of non-ortho nitro benzene ring substituents is 1. The fourth-order valence-electron chi connectivity index (χ4n) is 3.54. The van der Waals surface area contributed by atoms with Crippen molar-refractivity contribution in [2.45, 2.75) is 51.4 Å². The highest BCUT2D eigenvalue weighted by Crippen LogP contribution is 2.47. The first-order valence-corrected chi connectivity index (χ1v) is 10.3. The van der Waals surface area contributed by atoms with Gasteiger partial charge in [-0.3, -0.25) is 15.4 Å². The molecular formula is C19H24FN3O5S. The number of nitrogens with one attached hydrogen (secondary N) is 1. The average Bonchev–Trinajstić information content (AvgIpc) is 2.60. The van der Waals surface area contributed by atoms with Crippen LogP contribution in [0.25, 0.3) is 0 Å². The molecule has 1 aromatic rings. The number of nitro benzene ring substituents is 1. The number of halogens is 1. The van der Waals surface area contributed by atoms with Crippen molar-refractivity contribution in [3.05, 3.63) is 39.7 Å². The maximum atomic E-state index is 14.8. The Labute approximate surface area is 172 Å². The molecule has 0 bridgehead atoms. The number of fused-ring (bicyclic) bond motifs is 1. The van der Waals surface area contributed by atoms with Crippen LogP contribution in [0.2, 0.25) is 0 Å². The molecule has 158 valence electrons. The lowest BCUT2D eigenvalue weighted by Crippen LogP contribution is -2.51. The Hall–Kier alpha value is -2.20. The number of hydrogen-bond acceptors (Lipinski definition) is 7. The molecule has 0 unspecified atom stereocenters. The van der Waals surface area contributed by atoms with E-state index in [1.54, 1.807) is 20.8 Å². The summed E-state index contributed by atoms with van der Waals surface area (Å²) in [7, 11) is 0. The van der Waals surface area contributed by atoms with E-state index in [1.807, 2.05) is 6.92 Å². The van der Waals surface area contributed by atoms with E-state index in [1.165, 1.54) is 17.8 Å². The Morgan fingerprint density at radius 1 is 1.48 bits per heavy atom. The van der Waals surface area contributed by atoms with Gasteiger partial charge in [-0.1, -0.05) is 11.8 Å². The van der Waals surface area contributed by atoms with Crippen molar-refractivity contribution in [3.8, 4) is 0 Å². The van der Waals surface area contributed by atoms with Gasteiger partial charge in [0.25, 0.3) is 5.69 Å². The molecule has 0 aromatic heterocycles. The molecule has 0 spiro atoms. The van der Waals surface area contributed by atoms with E-state index >= 15 is 0 Å². The average molecular weight is 425 g/mol. The van der Waals surface area contributed by atoms with Gasteiger partial charge < -0.3 is 9.47 Å². The molecule has 0 radical (unpaired) electrons. The number of hydrogen-bond donors (Lipinski definition) is 1. The Morgan fingerprint density at radius 3 is 2.86 bits per heavy atom. The number of nitrogens with zero attached hydrogens (tertiary/aromatic N) is 2. The first-order valence-electron chi connectivity index (χ1n) is 9.29. The number of nitro groups is 1. The maximum Gasteiger partial charge on any atom is 0.413 e. The summed E-state index contributed by atoms with van der Waals surface area (Å²) in [5, 5.41) is 14.1. The summed E-state index contributed by atoms with van der Waals surface area (Å²) in [6.45, 7) is 7.23. The minimum atomic E-state index is -1.15. The number of carbonyl (C=O) groups is 1. The number of amidine groups is 1. The van der Waals surface area contributed by atoms with Gasteiger partial charge in [-0.25, -0.2) is 14.2 Å². The van der Waals surface area contributed by atoms with E-state index in [2.05, 4.69) is 10.3 Å². The zero-order valence-electron chi connectivity index (χ0n) is 16.7. The third-order valence-corrected chi connectivity index (χ3v) is 5.87. The normalized spacial score (nSPS) is 26.9. The highest BCUT2D eigenvalue weighted by atomic mass is 32.2. The van der Waals surface area contributed by atoms with Crippen molar-refractivity contribution in [1.29, 1.82) is 0 Å². The van der Waals surface area contributed by atoms with E-state index in [0.29, 0.717) is 12.2 Å². The number of amides is 1. The van der Waals surface area contributed by atoms with E-state index in [-0.39, 0.29) is 35.0 Å². The van der Waals surface area contributed by atoms with Crippen LogP contribution in [0, 0.1) is 21.8 Å². The predicted octanol–water partition coefficient (Wildman–Crippen LogP) is 3.98. The lowest BCUT2D eigenvalue weighted by atomic mass is 9.75. The van der Waals surface area contributed by atoms with E-state index < -0.39 is 28.0 Å². The minimum Gasteiger partial charge on any atom is -0.444 e. The van der Waals surface area contributed by atoms with Crippen molar-refractivity contribution in [2.75, 3.05) is 12.4 Å². The topological polar surface area (TPSA) is 103 Å². The molecule has 1 saturated heterocycles. The second-order valence-electron chi connectivity index (χ2n) is 8.25. The van der Waals surface area contributed by atoms with Crippen LogP contribution < -0.4 is 5.32 Å². The molecule has 1 N–H and O–H groups in total. The SMILES string of the molecule is C[C@H]1C[C@H]2CSC(NC(=O)OC(C)(C)C)=N[C@@]2(c2cc([N+](=O)[O-])ccc2F)CO1. The second kappa shape index (κ2) is 7.91. The molecular weight excluding hydrogens is 401 g/mol.